The smallest absolute Gasteiger partial charge is 0.276 e. The fraction of sp³-hybridized carbons (Fsp3) is 0.300. The molecule has 1 aliphatic heterocycles. The SMILES string of the molecule is COc1ccc(OCC(=O)NNC(=O)c2ccc(S(=O)(=O)N3CCCC3)cc2)cc1. The largest absolute Gasteiger partial charge is 0.497 e. The second-order valence-electron chi connectivity index (χ2n) is 6.60. The van der Waals surface area contributed by atoms with Crippen molar-refractivity contribution in [2.45, 2.75) is 17.7 Å². The molecule has 0 spiro atoms. The molecule has 0 saturated carbocycles. The first kappa shape index (κ1) is 21.6. The van der Waals surface area contributed by atoms with Crippen molar-refractivity contribution in [3.63, 3.8) is 0 Å². The van der Waals surface area contributed by atoms with Gasteiger partial charge in [0.25, 0.3) is 11.8 Å². The maximum absolute atomic E-state index is 12.5. The van der Waals surface area contributed by atoms with Gasteiger partial charge in [-0.15, -0.1) is 0 Å². The number of benzene rings is 2. The molecule has 1 heterocycles. The Labute approximate surface area is 175 Å². The number of hydrogen-bond donors (Lipinski definition) is 2. The van der Waals surface area contributed by atoms with E-state index in [4.69, 9.17) is 9.47 Å². The molecule has 160 valence electrons. The van der Waals surface area contributed by atoms with Gasteiger partial charge in [-0.25, -0.2) is 8.42 Å². The zero-order chi connectivity index (χ0) is 21.6. The summed E-state index contributed by atoms with van der Waals surface area (Å²) in [5.74, 6) is 0.0238. The molecule has 0 atom stereocenters. The van der Waals surface area contributed by atoms with Gasteiger partial charge in [-0.3, -0.25) is 20.4 Å². The maximum atomic E-state index is 12.5. The summed E-state index contributed by atoms with van der Waals surface area (Å²) in [5.41, 5.74) is 4.73. The van der Waals surface area contributed by atoms with Crippen molar-refractivity contribution in [2.24, 2.45) is 0 Å². The molecule has 0 bridgehead atoms. The number of hydrogen-bond acceptors (Lipinski definition) is 6. The van der Waals surface area contributed by atoms with Crippen LogP contribution >= 0.6 is 0 Å². The van der Waals surface area contributed by atoms with Crippen molar-refractivity contribution in [2.75, 3.05) is 26.8 Å². The van der Waals surface area contributed by atoms with Crippen molar-refractivity contribution in [1.82, 2.24) is 15.2 Å². The fourth-order valence-electron chi connectivity index (χ4n) is 2.91. The molecule has 1 aliphatic rings. The number of methoxy groups -OCH3 is 1. The molecular formula is C20H23N3O6S. The summed E-state index contributed by atoms with van der Waals surface area (Å²) in [4.78, 5) is 24.2. The zero-order valence-electron chi connectivity index (χ0n) is 16.5. The molecule has 1 fully saturated rings. The summed E-state index contributed by atoms with van der Waals surface area (Å²) in [6, 6.07) is 12.3. The molecule has 10 heteroatoms. The fourth-order valence-corrected chi connectivity index (χ4v) is 4.43. The second kappa shape index (κ2) is 9.59. The number of ether oxygens (including phenoxy) is 2. The Hall–Kier alpha value is -3.11. The maximum Gasteiger partial charge on any atom is 0.276 e. The summed E-state index contributed by atoms with van der Waals surface area (Å²) in [7, 11) is -1.99. The summed E-state index contributed by atoms with van der Waals surface area (Å²) in [6.07, 6.45) is 1.70. The topological polar surface area (TPSA) is 114 Å². The molecule has 1 saturated heterocycles. The third-order valence-corrected chi connectivity index (χ3v) is 6.48. The van der Waals surface area contributed by atoms with E-state index in [1.54, 1.807) is 31.4 Å². The molecule has 2 amide bonds. The van der Waals surface area contributed by atoms with Gasteiger partial charge < -0.3 is 9.47 Å². The molecule has 9 nitrogen and oxygen atoms in total. The lowest BCUT2D eigenvalue weighted by Gasteiger charge is -2.15. The van der Waals surface area contributed by atoms with Crippen LogP contribution in [0.3, 0.4) is 0 Å². The van der Waals surface area contributed by atoms with E-state index in [0.717, 1.165) is 12.8 Å². The van der Waals surface area contributed by atoms with E-state index in [1.807, 2.05) is 0 Å². The quantitative estimate of drug-likeness (QED) is 0.637. The van der Waals surface area contributed by atoms with Gasteiger partial charge in [-0.2, -0.15) is 4.31 Å². The molecule has 0 unspecified atom stereocenters. The third kappa shape index (κ3) is 5.28. The first-order valence-corrected chi connectivity index (χ1v) is 10.8. The number of carbonyl (C=O) groups is 2. The van der Waals surface area contributed by atoms with Gasteiger partial charge in [0.05, 0.1) is 12.0 Å². The summed E-state index contributed by atoms with van der Waals surface area (Å²) in [5, 5.41) is 0. The molecule has 2 aromatic carbocycles. The zero-order valence-corrected chi connectivity index (χ0v) is 17.3. The number of sulfonamides is 1. The van der Waals surface area contributed by atoms with E-state index in [9.17, 15) is 18.0 Å². The molecule has 2 aromatic rings. The average molecular weight is 433 g/mol. The standard InChI is InChI=1S/C20H23N3O6S/c1-28-16-6-8-17(9-7-16)29-14-19(24)21-22-20(25)15-4-10-18(11-5-15)30(26,27)23-12-2-3-13-23/h4-11H,2-3,12-14H2,1H3,(H,21,24)(H,22,25). The average Bonchev–Trinajstić information content (AvgIpc) is 3.32. The monoisotopic (exact) mass is 433 g/mol. The van der Waals surface area contributed by atoms with E-state index >= 15 is 0 Å². The van der Waals surface area contributed by atoms with Gasteiger partial charge >= 0.3 is 0 Å². The minimum atomic E-state index is -3.54. The van der Waals surface area contributed by atoms with Crippen LogP contribution < -0.4 is 20.3 Å². The summed E-state index contributed by atoms with van der Waals surface area (Å²) in [6.45, 7) is 0.726. The van der Waals surface area contributed by atoms with Gasteiger partial charge in [0.1, 0.15) is 11.5 Å². The second-order valence-corrected chi connectivity index (χ2v) is 8.54. The lowest BCUT2D eigenvalue weighted by Crippen LogP contribution is -2.43. The summed E-state index contributed by atoms with van der Waals surface area (Å²) < 4.78 is 36.8. The van der Waals surface area contributed by atoms with Crippen molar-refractivity contribution in [1.29, 1.82) is 0 Å². The van der Waals surface area contributed by atoms with Crippen molar-refractivity contribution < 1.29 is 27.5 Å². The third-order valence-electron chi connectivity index (χ3n) is 4.56. The van der Waals surface area contributed by atoms with Crippen LogP contribution in [0, 0.1) is 0 Å². The van der Waals surface area contributed by atoms with Gasteiger partial charge in [-0.05, 0) is 61.4 Å². The Morgan fingerprint density at radius 2 is 1.53 bits per heavy atom. The number of amides is 2. The van der Waals surface area contributed by atoms with Crippen LogP contribution in [-0.4, -0.2) is 51.3 Å². The first-order valence-electron chi connectivity index (χ1n) is 9.36. The summed E-state index contributed by atoms with van der Waals surface area (Å²) >= 11 is 0. The van der Waals surface area contributed by atoms with Gasteiger partial charge in [0.15, 0.2) is 6.61 Å². The number of rotatable bonds is 7. The number of nitrogens with one attached hydrogen (secondary N) is 2. The lowest BCUT2D eigenvalue weighted by molar-refractivity contribution is -0.123. The van der Waals surface area contributed by atoms with Crippen LogP contribution in [0.25, 0.3) is 0 Å². The van der Waals surface area contributed by atoms with E-state index in [2.05, 4.69) is 10.9 Å². The molecule has 0 aromatic heterocycles. The van der Waals surface area contributed by atoms with Crippen molar-refractivity contribution >= 4 is 21.8 Å². The predicted octanol–water partition coefficient (Wildman–Crippen LogP) is 1.32. The van der Waals surface area contributed by atoms with E-state index in [0.29, 0.717) is 24.6 Å². The normalized spacial score (nSPS) is 14.2. The minimum Gasteiger partial charge on any atom is -0.497 e. The molecule has 30 heavy (non-hydrogen) atoms. The van der Waals surface area contributed by atoms with Crippen LogP contribution in [0.5, 0.6) is 11.5 Å². The first-order chi connectivity index (χ1) is 14.4. The highest BCUT2D eigenvalue weighted by Crippen LogP contribution is 2.21. The molecule has 2 N–H and O–H groups in total. The van der Waals surface area contributed by atoms with Crippen LogP contribution in [-0.2, 0) is 14.8 Å². The Bertz CT molecular complexity index is 984. The molecule has 0 aliphatic carbocycles. The highest BCUT2D eigenvalue weighted by Gasteiger charge is 2.27. The highest BCUT2D eigenvalue weighted by atomic mass is 32.2. The van der Waals surface area contributed by atoms with Gasteiger partial charge in [0, 0.05) is 18.7 Å². The van der Waals surface area contributed by atoms with Crippen molar-refractivity contribution in [3.8, 4) is 11.5 Å². The van der Waals surface area contributed by atoms with Gasteiger partial charge in [0.2, 0.25) is 10.0 Å². The van der Waals surface area contributed by atoms with E-state index in [-0.39, 0.29) is 17.1 Å². The van der Waals surface area contributed by atoms with Crippen LogP contribution in [0.4, 0.5) is 0 Å². The van der Waals surface area contributed by atoms with Crippen LogP contribution in [0.15, 0.2) is 53.4 Å². The highest BCUT2D eigenvalue weighted by molar-refractivity contribution is 7.89. The van der Waals surface area contributed by atoms with Crippen molar-refractivity contribution in [3.05, 3.63) is 54.1 Å². The van der Waals surface area contributed by atoms with E-state index < -0.39 is 21.8 Å². The number of hydrazine groups is 1. The van der Waals surface area contributed by atoms with Crippen LogP contribution in [0.2, 0.25) is 0 Å². The number of carbonyl (C=O) groups excluding carboxylic acids is 2. The van der Waals surface area contributed by atoms with Gasteiger partial charge in [-0.1, -0.05) is 0 Å². The molecule has 0 radical (unpaired) electrons. The molecular weight excluding hydrogens is 410 g/mol. The Balaban J connectivity index is 1.48. The Morgan fingerprint density at radius 1 is 0.933 bits per heavy atom. The Morgan fingerprint density at radius 3 is 2.13 bits per heavy atom. The number of nitrogens with zero attached hydrogens (tertiary/aromatic N) is 1. The van der Waals surface area contributed by atoms with E-state index in [1.165, 1.54) is 28.6 Å². The molecule has 3 rings (SSSR count). The predicted molar refractivity (Wildman–Crippen MR) is 109 cm³/mol. The lowest BCUT2D eigenvalue weighted by atomic mass is 10.2. The van der Waals surface area contributed by atoms with Crippen LogP contribution in [0.1, 0.15) is 23.2 Å². The minimum absolute atomic E-state index is 0.137. The Kier molecular flexibility index (Phi) is 6.91.